The van der Waals surface area contributed by atoms with Crippen LogP contribution < -0.4 is 15.0 Å². The van der Waals surface area contributed by atoms with E-state index in [1.165, 1.54) is 29.2 Å². The van der Waals surface area contributed by atoms with Crippen molar-refractivity contribution in [3.05, 3.63) is 78.0 Å². The maximum Gasteiger partial charge on any atom is 0.251 e. The van der Waals surface area contributed by atoms with Crippen molar-refractivity contribution in [1.82, 2.24) is 25.5 Å². The Labute approximate surface area is 231 Å². The van der Waals surface area contributed by atoms with E-state index in [9.17, 15) is 14.0 Å². The van der Waals surface area contributed by atoms with E-state index in [1.807, 2.05) is 0 Å². The highest BCUT2D eigenvalue weighted by Gasteiger charge is 2.36. The van der Waals surface area contributed by atoms with Gasteiger partial charge in [0.2, 0.25) is 5.82 Å². The molecule has 2 amide bonds. The molecule has 10 nitrogen and oxygen atoms in total. The number of rotatable bonds is 9. The van der Waals surface area contributed by atoms with Gasteiger partial charge in [-0.15, -0.1) is 10.2 Å². The summed E-state index contributed by atoms with van der Waals surface area (Å²) in [5.74, 6) is 0.650. The molecule has 11 heteroatoms. The summed E-state index contributed by atoms with van der Waals surface area (Å²) in [6, 6.07) is 15.0. The van der Waals surface area contributed by atoms with Crippen LogP contribution in [0.4, 0.5) is 10.1 Å². The summed E-state index contributed by atoms with van der Waals surface area (Å²) in [5.41, 5.74) is 1.03. The number of halogens is 1. The Bertz CT molecular complexity index is 1440. The van der Waals surface area contributed by atoms with E-state index in [0.29, 0.717) is 28.5 Å². The van der Waals surface area contributed by atoms with Crippen molar-refractivity contribution >= 4 is 17.5 Å². The van der Waals surface area contributed by atoms with Gasteiger partial charge in [-0.3, -0.25) is 14.5 Å². The summed E-state index contributed by atoms with van der Waals surface area (Å²) in [5, 5.41) is 15.5. The topological polar surface area (TPSA) is 115 Å². The SMILES string of the molecule is COc1ccc(N(C(=O)Cn2nnc(-c3ccc(F)cc3)n2)C(C(=O)NC2CCCCC2)c2ccc(C)o2)cc1. The molecule has 4 aromatic rings. The fourth-order valence-electron chi connectivity index (χ4n) is 4.90. The molecule has 5 rings (SSSR count). The standard InChI is InChI=1S/C29H31FN6O4/c1-19-8-17-25(40-19)27(29(38)31-22-6-4-3-5-7-22)36(23-13-15-24(39-2)16-14-23)26(37)18-35-33-28(32-34-35)20-9-11-21(30)12-10-20/h8-17,22,27H,3-7,18H2,1-2H3,(H,31,38). The zero-order valence-electron chi connectivity index (χ0n) is 22.4. The molecule has 1 saturated carbocycles. The van der Waals surface area contributed by atoms with Gasteiger partial charge in [-0.1, -0.05) is 19.3 Å². The van der Waals surface area contributed by atoms with Crippen molar-refractivity contribution in [2.75, 3.05) is 12.0 Å². The number of aromatic nitrogens is 4. The van der Waals surface area contributed by atoms with Crippen molar-refractivity contribution in [1.29, 1.82) is 0 Å². The minimum absolute atomic E-state index is 0.0304. The number of nitrogens with one attached hydrogen (secondary N) is 1. The molecule has 0 aliphatic heterocycles. The smallest absolute Gasteiger partial charge is 0.251 e. The van der Waals surface area contributed by atoms with Crippen LogP contribution in [0.25, 0.3) is 11.4 Å². The number of carbonyl (C=O) groups excluding carboxylic acids is 2. The molecule has 0 spiro atoms. The zero-order valence-corrected chi connectivity index (χ0v) is 22.4. The van der Waals surface area contributed by atoms with Crippen LogP contribution in [0.5, 0.6) is 5.75 Å². The molecular formula is C29H31FN6O4. The maximum atomic E-state index is 14.0. The summed E-state index contributed by atoms with van der Waals surface area (Å²) >= 11 is 0. The van der Waals surface area contributed by atoms with Crippen LogP contribution in [0.1, 0.15) is 49.7 Å². The number of benzene rings is 2. The van der Waals surface area contributed by atoms with Crippen LogP contribution in [-0.2, 0) is 16.1 Å². The predicted octanol–water partition coefficient (Wildman–Crippen LogP) is 4.61. The van der Waals surface area contributed by atoms with Gasteiger partial charge >= 0.3 is 0 Å². The van der Waals surface area contributed by atoms with E-state index in [1.54, 1.807) is 50.4 Å². The van der Waals surface area contributed by atoms with Gasteiger partial charge in [-0.2, -0.15) is 4.80 Å². The highest BCUT2D eigenvalue weighted by Crippen LogP contribution is 2.31. The molecule has 1 N–H and O–H groups in total. The van der Waals surface area contributed by atoms with Crippen molar-refractivity contribution in [2.24, 2.45) is 0 Å². The van der Waals surface area contributed by atoms with Crippen LogP contribution in [0.15, 0.2) is 65.1 Å². The lowest BCUT2D eigenvalue weighted by Crippen LogP contribution is -2.48. The molecular weight excluding hydrogens is 515 g/mol. The number of aryl methyl sites for hydroxylation is 1. The van der Waals surface area contributed by atoms with Gasteiger partial charge in [0, 0.05) is 17.3 Å². The second-order valence-corrected chi connectivity index (χ2v) is 9.81. The van der Waals surface area contributed by atoms with Crippen molar-refractivity contribution < 1.29 is 23.1 Å². The third kappa shape index (κ3) is 6.19. The second-order valence-electron chi connectivity index (χ2n) is 9.81. The molecule has 2 aromatic heterocycles. The van der Waals surface area contributed by atoms with Crippen LogP contribution in [-0.4, -0.2) is 45.2 Å². The first kappa shape index (κ1) is 27.0. The lowest BCUT2D eigenvalue weighted by Gasteiger charge is -2.32. The van der Waals surface area contributed by atoms with Crippen LogP contribution in [0.2, 0.25) is 0 Å². The molecule has 1 fully saturated rings. The number of hydrogen-bond donors (Lipinski definition) is 1. The number of ether oxygens (including phenoxy) is 1. The number of anilines is 1. The molecule has 1 aliphatic rings. The third-order valence-corrected chi connectivity index (χ3v) is 6.94. The number of methoxy groups -OCH3 is 1. The molecule has 40 heavy (non-hydrogen) atoms. The van der Waals surface area contributed by atoms with Crippen molar-refractivity contribution in [3.8, 4) is 17.1 Å². The van der Waals surface area contributed by atoms with Crippen molar-refractivity contribution in [3.63, 3.8) is 0 Å². The van der Waals surface area contributed by atoms with E-state index >= 15 is 0 Å². The monoisotopic (exact) mass is 546 g/mol. The lowest BCUT2D eigenvalue weighted by molar-refractivity contribution is -0.128. The fraction of sp³-hybridized carbons (Fsp3) is 0.345. The molecule has 1 atom stereocenters. The Morgan fingerprint density at radius 1 is 1.07 bits per heavy atom. The van der Waals surface area contributed by atoms with Gasteiger partial charge in [0.1, 0.15) is 29.6 Å². The molecule has 1 aliphatic carbocycles. The van der Waals surface area contributed by atoms with E-state index in [0.717, 1.165) is 36.9 Å². The Kier molecular flexibility index (Phi) is 8.18. The zero-order chi connectivity index (χ0) is 28.1. The number of hydrogen-bond acceptors (Lipinski definition) is 7. The predicted molar refractivity (Wildman–Crippen MR) is 145 cm³/mol. The molecule has 0 radical (unpaired) electrons. The van der Waals surface area contributed by atoms with Crippen LogP contribution >= 0.6 is 0 Å². The molecule has 0 bridgehead atoms. The Morgan fingerprint density at radius 3 is 2.45 bits per heavy atom. The highest BCUT2D eigenvalue weighted by molar-refractivity contribution is 6.01. The summed E-state index contributed by atoms with van der Waals surface area (Å²) < 4.78 is 24.6. The minimum Gasteiger partial charge on any atom is -0.497 e. The van der Waals surface area contributed by atoms with Gasteiger partial charge in [0.25, 0.3) is 11.8 Å². The molecule has 208 valence electrons. The van der Waals surface area contributed by atoms with Gasteiger partial charge in [-0.05, 0) is 85.6 Å². The van der Waals surface area contributed by atoms with E-state index < -0.39 is 11.9 Å². The highest BCUT2D eigenvalue weighted by atomic mass is 19.1. The maximum absolute atomic E-state index is 14.0. The molecule has 0 saturated heterocycles. The minimum atomic E-state index is -1.07. The van der Waals surface area contributed by atoms with E-state index in [-0.39, 0.29) is 30.1 Å². The Morgan fingerprint density at radius 2 is 1.80 bits per heavy atom. The van der Waals surface area contributed by atoms with Crippen molar-refractivity contribution in [2.45, 2.75) is 57.7 Å². The van der Waals surface area contributed by atoms with Gasteiger partial charge < -0.3 is 14.5 Å². The summed E-state index contributed by atoms with van der Waals surface area (Å²) in [6.07, 6.45) is 5.02. The average Bonchev–Trinajstić information content (AvgIpc) is 3.61. The largest absolute Gasteiger partial charge is 0.497 e. The number of amides is 2. The quantitative estimate of drug-likeness (QED) is 0.326. The fourth-order valence-corrected chi connectivity index (χ4v) is 4.90. The van der Waals surface area contributed by atoms with E-state index in [2.05, 4.69) is 20.7 Å². The lowest BCUT2D eigenvalue weighted by atomic mass is 9.95. The number of carbonyl (C=O) groups is 2. The molecule has 2 aromatic carbocycles. The first-order chi connectivity index (χ1) is 19.4. The third-order valence-electron chi connectivity index (χ3n) is 6.94. The summed E-state index contributed by atoms with van der Waals surface area (Å²) in [6.45, 7) is 1.49. The Balaban J connectivity index is 1.48. The van der Waals surface area contributed by atoms with Gasteiger partial charge in [-0.25, -0.2) is 4.39 Å². The first-order valence-corrected chi connectivity index (χ1v) is 13.3. The van der Waals surface area contributed by atoms with E-state index in [4.69, 9.17) is 9.15 Å². The normalized spacial score (nSPS) is 14.5. The average molecular weight is 547 g/mol. The Hall–Kier alpha value is -4.54. The van der Waals surface area contributed by atoms with Gasteiger partial charge in [0.05, 0.1) is 7.11 Å². The number of furan rings is 1. The first-order valence-electron chi connectivity index (χ1n) is 13.3. The van der Waals surface area contributed by atoms with Gasteiger partial charge in [0.15, 0.2) is 6.04 Å². The van der Waals surface area contributed by atoms with Crippen LogP contribution in [0, 0.1) is 12.7 Å². The summed E-state index contributed by atoms with van der Waals surface area (Å²) in [7, 11) is 1.55. The number of nitrogens with zero attached hydrogens (tertiary/aromatic N) is 5. The second kappa shape index (κ2) is 12.1. The molecule has 2 heterocycles. The summed E-state index contributed by atoms with van der Waals surface area (Å²) in [4.78, 5) is 30.4. The van der Waals surface area contributed by atoms with Crippen LogP contribution in [0.3, 0.4) is 0 Å². The molecule has 1 unspecified atom stereocenters. The number of tetrazole rings is 1.